The minimum atomic E-state index is -3.84. The molecule has 2 heterocycles. The fourth-order valence-corrected chi connectivity index (χ4v) is 4.81. The maximum Gasteiger partial charge on any atom is 0.270 e. The van der Waals surface area contributed by atoms with E-state index in [9.17, 15) is 22.8 Å². The maximum atomic E-state index is 12.9. The quantitative estimate of drug-likeness (QED) is 0.578. The number of anilines is 1. The van der Waals surface area contributed by atoms with E-state index in [1.807, 2.05) is 0 Å². The van der Waals surface area contributed by atoms with Crippen molar-refractivity contribution in [1.82, 2.24) is 9.21 Å². The predicted molar refractivity (Wildman–Crippen MR) is 102 cm³/mol. The first-order valence-electron chi connectivity index (χ1n) is 8.82. The number of hydrogen-bond acceptors (Lipinski definition) is 7. The zero-order chi connectivity index (χ0) is 20.8. The Balaban J connectivity index is 1.67. The summed E-state index contributed by atoms with van der Waals surface area (Å²) < 4.78 is 32.1. The molecule has 10 heteroatoms. The van der Waals surface area contributed by atoms with Crippen molar-refractivity contribution in [2.45, 2.75) is 4.90 Å². The summed E-state index contributed by atoms with van der Waals surface area (Å²) in [6.45, 7) is 0.985. The molecule has 2 aromatic rings. The van der Waals surface area contributed by atoms with Crippen molar-refractivity contribution in [2.24, 2.45) is 0 Å². The standard InChI is InChI=1S/C19H17N3O6S/c20-15-6-2-5-14-16(15)19(25)22(18(14)24)17(23)12-3-1-4-13(11-12)29(26,27)21-7-9-28-10-8-21/h1-6,11H,7-10,20H2. The third kappa shape index (κ3) is 3.11. The first-order chi connectivity index (χ1) is 13.8. The molecule has 2 aliphatic heterocycles. The highest BCUT2D eigenvalue weighted by Gasteiger charge is 2.41. The number of amides is 3. The smallest absolute Gasteiger partial charge is 0.270 e. The van der Waals surface area contributed by atoms with Gasteiger partial charge in [-0.25, -0.2) is 13.3 Å². The lowest BCUT2D eigenvalue weighted by Gasteiger charge is -2.26. The van der Waals surface area contributed by atoms with Crippen molar-refractivity contribution >= 4 is 33.4 Å². The summed E-state index contributed by atoms with van der Waals surface area (Å²) in [5.74, 6) is -2.52. The minimum absolute atomic E-state index is 0.0251. The molecule has 0 saturated carbocycles. The second-order valence-electron chi connectivity index (χ2n) is 6.56. The molecule has 2 aromatic carbocycles. The molecule has 0 aromatic heterocycles. The van der Waals surface area contributed by atoms with Crippen LogP contribution in [-0.4, -0.2) is 61.6 Å². The Labute approximate surface area is 166 Å². The Morgan fingerprint density at radius 1 is 1.00 bits per heavy atom. The van der Waals surface area contributed by atoms with Gasteiger partial charge in [0.2, 0.25) is 10.0 Å². The van der Waals surface area contributed by atoms with Gasteiger partial charge in [-0.15, -0.1) is 0 Å². The number of carbonyl (C=O) groups excluding carboxylic acids is 3. The van der Waals surface area contributed by atoms with E-state index >= 15 is 0 Å². The summed E-state index contributed by atoms with van der Waals surface area (Å²) in [7, 11) is -3.84. The van der Waals surface area contributed by atoms with Gasteiger partial charge in [0.1, 0.15) is 0 Å². The molecular weight excluding hydrogens is 398 g/mol. The highest BCUT2D eigenvalue weighted by atomic mass is 32.2. The minimum Gasteiger partial charge on any atom is -0.398 e. The normalized spacial score (nSPS) is 17.4. The van der Waals surface area contributed by atoms with Crippen molar-refractivity contribution in [2.75, 3.05) is 32.0 Å². The van der Waals surface area contributed by atoms with Crippen molar-refractivity contribution in [3.63, 3.8) is 0 Å². The number of nitrogens with zero attached hydrogens (tertiary/aromatic N) is 2. The number of rotatable bonds is 3. The molecule has 150 valence electrons. The highest BCUT2D eigenvalue weighted by Crippen LogP contribution is 2.29. The van der Waals surface area contributed by atoms with Crippen molar-refractivity contribution in [3.8, 4) is 0 Å². The van der Waals surface area contributed by atoms with Crippen LogP contribution in [0.1, 0.15) is 31.1 Å². The highest BCUT2D eigenvalue weighted by molar-refractivity contribution is 7.89. The van der Waals surface area contributed by atoms with Gasteiger partial charge >= 0.3 is 0 Å². The second-order valence-corrected chi connectivity index (χ2v) is 8.50. The summed E-state index contributed by atoms with van der Waals surface area (Å²) in [6.07, 6.45) is 0. The third-order valence-corrected chi connectivity index (χ3v) is 6.73. The van der Waals surface area contributed by atoms with Gasteiger partial charge in [0.25, 0.3) is 17.7 Å². The van der Waals surface area contributed by atoms with Crippen LogP contribution in [0, 0.1) is 0 Å². The van der Waals surface area contributed by atoms with Gasteiger partial charge in [-0.3, -0.25) is 14.4 Å². The fraction of sp³-hybridized carbons (Fsp3) is 0.211. The summed E-state index contributed by atoms with van der Waals surface area (Å²) in [4.78, 5) is 38.5. The van der Waals surface area contributed by atoms with Crippen LogP contribution in [-0.2, 0) is 14.8 Å². The number of morpholine rings is 1. The number of hydrogen-bond donors (Lipinski definition) is 1. The number of fused-ring (bicyclic) bond motifs is 1. The van der Waals surface area contributed by atoms with Gasteiger partial charge in [0.05, 0.1) is 29.2 Å². The number of imide groups is 3. The number of carbonyl (C=O) groups is 3. The zero-order valence-corrected chi connectivity index (χ0v) is 16.0. The van der Waals surface area contributed by atoms with E-state index in [4.69, 9.17) is 10.5 Å². The van der Waals surface area contributed by atoms with Gasteiger partial charge in [0.15, 0.2) is 0 Å². The van der Waals surface area contributed by atoms with Crippen LogP contribution in [0.5, 0.6) is 0 Å². The van der Waals surface area contributed by atoms with E-state index in [2.05, 4.69) is 0 Å². The van der Waals surface area contributed by atoms with Gasteiger partial charge in [-0.05, 0) is 30.3 Å². The molecule has 2 aliphatic rings. The first-order valence-corrected chi connectivity index (χ1v) is 10.3. The molecule has 0 atom stereocenters. The molecule has 1 saturated heterocycles. The van der Waals surface area contributed by atoms with Gasteiger partial charge < -0.3 is 10.5 Å². The van der Waals surface area contributed by atoms with Crippen LogP contribution in [0.3, 0.4) is 0 Å². The van der Waals surface area contributed by atoms with E-state index < -0.39 is 27.7 Å². The molecule has 3 amide bonds. The number of sulfonamides is 1. The second kappa shape index (κ2) is 7.07. The van der Waals surface area contributed by atoms with Gasteiger partial charge in [0, 0.05) is 24.3 Å². The first kappa shape index (κ1) is 19.2. The summed E-state index contributed by atoms with van der Waals surface area (Å²) in [5, 5.41) is 0. The Hall–Kier alpha value is -3.08. The molecule has 29 heavy (non-hydrogen) atoms. The Kier molecular flexibility index (Phi) is 4.69. The van der Waals surface area contributed by atoms with Crippen LogP contribution >= 0.6 is 0 Å². The van der Waals surface area contributed by atoms with Crippen LogP contribution < -0.4 is 5.73 Å². The molecule has 1 fully saturated rings. The Morgan fingerprint density at radius 2 is 1.69 bits per heavy atom. The molecule has 4 rings (SSSR count). The van der Waals surface area contributed by atoms with E-state index in [0.717, 1.165) is 0 Å². The average Bonchev–Trinajstić information content (AvgIpc) is 2.99. The van der Waals surface area contributed by atoms with Crippen molar-refractivity contribution < 1.29 is 27.5 Å². The van der Waals surface area contributed by atoms with Crippen LogP contribution in [0.25, 0.3) is 0 Å². The third-order valence-electron chi connectivity index (χ3n) is 4.84. The van der Waals surface area contributed by atoms with Gasteiger partial charge in [-0.2, -0.15) is 4.31 Å². The van der Waals surface area contributed by atoms with E-state index in [0.29, 0.717) is 4.90 Å². The number of benzene rings is 2. The van der Waals surface area contributed by atoms with E-state index in [-0.39, 0.29) is 53.6 Å². The number of ether oxygens (including phenoxy) is 1. The monoisotopic (exact) mass is 415 g/mol. The molecule has 0 radical (unpaired) electrons. The molecule has 2 N–H and O–H groups in total. The lowest BCUT2D eigenvalue weighted by molar-refractivity contribution is 0.0566. The average molecular weight is 415 g/mol. The number of nitrogen functional groups attached to an aromatic ring is 1. The lowest BCUT2D eigenvalue weighted by Crippen LogP contribution is -2.40. The van der Waals surface area contributed by atoms with E-state index in [1.54, 1.807) is 0 Å². The molecule has 0 bridgehead atoms. The summed E-state index contributed by atoms with van der Waals surface area (Å²) in [5.41, 5.74) is 5.81. The maximum absolute atomic E-state index is 12.9. The zero-order valence-electron chi connectivity index (χ0n) is 15.2. The van der Waals surface area contributed by atoms with Crippen molar-refractivity contribution in [1.29, 1.82) is 0 Å². The van der Waals surface area contributed by atoms with E-state index in [1.165, 1.54) is 46.8 Å². The summed E-state index contributed by atoms with van der Waals surface area (Å²) >= 11 is 0. The molecule has 0 unspecified atom stereocenters. The molecule has 0 aliphatic carbocycles. The van der Waals surface area contributed by atoms with Crippen LogP contribution in [0.4, 0.5) is 5.69 Å². The SMILES string of the molecule is Nc1cccc2c1C(=O)N(C(=O)c1cccc(S(=O)(=O)N3CCOCC3)c1)C2=O. The predicted octanol–water partition coefficient (Wildman–Crippen LogP) is 0.726. The Bertz CT molecular complexity index is 1140. The van der Waals surface area contributed by atoms with Gasteiger partial charge in [-0.1, -0.05) is 12.1 Å². The summed E-state index contributed by atoms with van der Waals surface area (Å²) in [6, 6.07) is 9.68. The molecular formula is C19H17N3O6S. The van der Waals surface area contributed by atoms with Crippen molar-refractivity contribution in [3.05, 3.63) is 59.2 Å². The molecule has 9 nitrogen and oxygen atoms in total. The Morgan fingerprint density at radius 3 is 2.38 bits per heavy atom. The largest absolute Gasteiger partial charge is 0.398 e. The fourth-order valence-electron chi connectivity index (χ4n) is 3.35. The topological polar surface area (TPSA) is 127 Å². The van der Waals surface area contributed by atoms with Crippen LogP contribution in [0.2, 0.25) is 0 Å². The van der Waals surface area contributed by atoms with Crippen LogP contribution in [0.15, 0.2) is 47.4 Å². The number of nitrogens with two attached hydrogens (primary N) is 1. The lowest BCUT2D eigenvalue weighted by atomic mass is 10.1. The molecule has 0 spiro atoms.